The Bertz CT molecular complexity index is 508. The van der Waals surface area contributed by atoms with E-state index >= 15 is 0 Å². The summed E-state index contributed by atoms with van der Waals surface area (Å²) in [6.45, 7) is 18.4. The Balaban J connectivity index is 3.62. The minimum absolute atomic E-state index is 0.0540. The molecule has 0 bridgehead atoms. The van der Waals surface area contributed by atoms with Crippen molar-refractivity contribution in [2.24, 2.45) is 0 Å². The van der Waals surface area contributed by atoms with Crippen molar-refractivity contribution in [3.05, 3.63) is 72.4 Å². The first kappa shape index (κ1) is 16.1. The van der Waals surface area contributed by atoms with Crippen molar-refractivity contribution in [3.8, 4) is 0 Å². The van der Waals surface area contributed by atoms with Gasteiger partial charge in [0.15, 0.2) is 0 Å². The van der Waals surface area contributed by atoms with E-state index in [1.54, 1.807) is 0 Å². The molecule has 0 aromatic carbocycles. The fourth-order valence-electron chi connectivity index (χ4n) is 2.36. The fraction of sp³-hybridized carbons (Fsp3) is 0.333. The second kappa shape index (κ2) is 6.47. The van der Waals surface area contributed by atoms with Gasteiger partial charge >= 0.3 is 0 Å². The highest BCUT2D eigenvalue weighted by Crippen LogP contribution is 2.34. The molecule has 0 atom stereocenters. The van der Waals surface area contributed by atoms with Crippen LogP contribution in [0.15, 0.2) is 72.4 Å². The molecule has 0 aromatic heterocycles. The van der Waals surface area contributed by atoms with Crippen molar-refractivity contribution in [1.82, 2.24) is 10.2 Å². The third-order valence-corrected chi connectivity index (χ3v) is 3.06. The predicted octanol–water partition coefficient (Wildman–Crippen LogP) is 4.64. The van der Waals surface area contributed by atoms with Crippen LogP contribution < -0.4 is 5.32 Å². The van der Waals surface area contributed by atoms with E-state index < -0.39 is 0 Å². The number of nitrogens with zero attached hydrogens (tertiary/aromatic N) is 1. The van der Waals surface area contributed by atoms with Crippen LogP contribution in [-0.2, 0) is 0 Å². The van der Waals surface area contributed by atoms with E-state index in [2.05, 4.69) is 56.3 Å². The van der Waals surface area contributed by atoms with Crippen molar-refractivity contribution in [3.63, 3.8) is 0 Å². The first-order chi connectivity index (χ1) is 9.40. The third kappa shape index (κ3) is 3.13. The van der Waals surface area contributed by atoms with Gasteiger partial charge in [-0.25, -0.2) is 0 Å². The first-order valence-corrected chi connectivity index (χ1v) is 6.96. The maximum Gasteiger partial charge on any atom is 0.0651 e. The molecule has 20 heavy (non-hydrogen) atoms. The highest BCUT2D eigenvalue weighted by atomic mass is 15.3. The van der Waals surface area contributed by atoms with Gasteiger partial charge in [0, 0.05) is 5.54 Å². The van der Waals surface area contributed by atoms with Crippen LogP contribution in [0.25, 0.3) is 0 Å². The molecule has 0 unspecified atom stereocenters. The van der Waals surface area contributed by atoms with Crippen molar-refractivity contribution >= 4 is 0 Å². The molecule has 1 heterocycles. The van der Waals surface area contributed by atoms with Crippen LogP contribution in [0.4, 0.5) is 0 Å². The summed E-state index contributed by atoms with van der Waals surface area (Å²) < 4.78 is 0. The standard InChI is InChI=1S/C18H26N2/c1-8-12-15-16(11-4)20(18(5,6)7)17(13-9-2)14(10-3)19-15/h8-13,19H,2,4H2,1,3,5-7H3/b12-8-,14-10+,17-13+. The van der Waals surface area contributed by atoms with Gasteiger partial charge < -0.3 is 10.2 Å². The van der Waals surface area contributed by atoms with Crippen molar-refractivity contribution in [2.45, 2.75) is 40.2 Å². The number of nitrogens with one attached hydrogen (secondary N) is 1. The summed E-state index contributed by atoms with van der Waals surface area (Å²) >= 11 is 0. The van der Waals surface area contributed by atoms with Crippen LogP contribution in [0, 0.1) is 0 Å². The normalized spacial score (nSPS) is 20.8. The van der Waals surface area contributed by atoms with E-state index in [0.29, 0.717) is 0 Å². The number of rotatable bonds is 3. The van der Waals surface area contributed by atoms with Gasteiger partial charge in [0.2, 0.25) is 0 Å². The van der Waals surface area contributed by atoms with Crippen LogP contribution >= 0.6 is 0 Å². The van der Waals surface area contributed by atoms with Gasteiger partial charge in [-0.15, -0.1) is 0 Å². The van der Waals surface area contributed by atoms with Gasteiger partial charge in [-0.3, -0.25) is 0 Å². The second-order valence-electron chi connectivity index (χ2n) is 5.62. The maximum atomic E-state index is 3.98. The average Bonchev–Trinajstić information content (AvgIpc) is 2.38. The van der Waals surface area contributed by atoms with Gasteiger partial charge in [0.25, 0.3) is 0 Å². The molecular weight excluding hydrogens is 244 g/mol. The Hall–Kier alpha value is -1.96. The summed E-state index contributed by atoms with van der Waals surface area (Å²) in [4.78, 5) is 2.29. The monoisotopic (exact) mass is 270 g/mol. The summed E-state index contributed by atoms with van der Waals surface area (Å²) in [5, 5.41) is 3.47. The van der Waals surface area contributed by atoms with E-state index in [-0.39, 0.29) is 5.54 Å². The molecule has 0 saturated heterocycles. The summed E-state index contributed by atoms with van der Waals surface area (Å²) in [6, 6.07) is 0. The lowest BCUT2D eigenvalue weighted by Gasteiger charge is -2.44. The highest BCUT2D eigenvalue weighted by molar-refractivity contribution is 5.48. The molecule has 1 rings (SSSR count). The molecule has 1 aliphatic heterocycles. The van der Waals surface area contributed by atoms with Crippen LogP contribution in [0.5, 0.6) is 0 Å². The zero-order valence-electron chi connectivity index (χ0n) is 13.3. The minimum Gasteiger partial charge on any atom is -0.352 e. The fourth-order valence-corrected chi connectivity index (χ4v) is 2.36. The van der Waals surface area contributed by atoms with Crippen LogP contribution in [0.3, 0.4) is 0 Å². The number of hydrogen-bond acceptors (Lipinski definition) is 2. The Labute approximate surface area is 123 Å². The summed E-state index contributed by atoms with van der Waals surface area (Å²) in [7, 11) is 0. The minimum atomic E-state index is -0.0540. The van der Waals surface area contributed by atoms with Crippen molar-refractivity contribution in [1.29, 1.82) is 0 Å². The molecule has 0 aliphatic carbocycles. The van der Waals surface area contributed by atoms with Gasteiger partial charge in [-0.05, 0) is 52.8 Å². The topological polar surface area (TPSA) is 15.3 Å². The lowest BCUT2D eigenvalue weighted by atomic mass is 9.98. The summed E-state index contributed by atoms with van der Waals surface area (Å²) in [6.07, 6.45) is 11.9. The van der Waals surface area contributed by atoms with Gasteiger partial charge in [-0.2, -0.15) is 0 Å². The molecule has 0 spiro atoms. The molecule has 0 aromatic rings. The van der Waals surface area contributed by atoms with Crippen LogP contribution in [0.1, 0.15) is 34.6 Å². The Kier molecular flexibility index (Phi) is 5.20. The van der Waals surface area contributed by atoms with Crippen LogP contribution in [0.2, 0.25) is 0 Å². The van der Waals surface area contributed by atoms with Gasteiger partial charge in [-0.1, -0.05) is 31.4 Å². The molecular formula is C18H26N2. The molecule has 108 valence electrons. The largest absolute Gasteiger partial charge is 0.352 e. The third-order valence-electron chi connectivity index (χ3n) is 3.06. The SMILES string of the molecule is C=C/C=C1\C(=C/C)NC(/C=C\C)=C(C=C)N1C(C)(C)C. The first-order valence-electron chi connectivity index (χ1n) is 6.96. The second-order valence-corrected chi connectivity index (χ2v) is 5.62. The molecule has 2 nitrogen and oxygen atoms in total. The lowest BCUT2D eigenvalue weighted by molar-refractivity contribution is 0.237. The number of hydrogen-bond donors (Lipinski definition) is 1. The average molecular weight is 270 g/mol. The van der Waals surface area contributed by atoms with E-state index in [1.807, 2.05) is 38.2 Å². The Morgan fingerprint density at radius 2 is 1.80 bits per heavy atom. The summed E-state index contributed by atoms with van der Waals surface area (Å²) in [5.74, 6) is 0. The predicted molar refractivity (Wildman–Crippen MR) is 88.8 cm³/mol. The van der Waals surface area contributed by atoms with E-state index in [4.69, 9.17) is 0 Å². The molecule has 0 radical (unpaired) electrons. The molecule has 2 heteroatoms. The van der Waals surface area contributed by atoms with Gasteiger partial charge in [0.1, 0.15) is 0 Å². The Morgan fingerprint density at radius 1 is 1.15 bits per heavy atom. The molecule has 0 amide bonds. The lowest BCUT2D eigenvalue weighted by Crippen LogP contribution is -2.45. The van der Waals surface area contributed by atoms with Crippen molar-refractivity contribution < 1.29 is 0 Å². The highest BCUT2D eigenvalue weighted by Gasteiger charge is 2.32. The van der Waals surface area contributed by atoms with Crippen molar-refractivity contribution in [2.75, 3.05) is 0 Å². The molecule has 1 N–H and O–H groups in total. The van der Waals surface area contributed by atoms with E-state index in [1.165, 1.54) is 0 Å². The molecule has 0 fully saturated rings. The number of allylic oxidation sites excluding steroid dienone is 6. The Morgan fingerprint density at radius 3 is 2.20 bits per heavy atom. The molecule has 1 aliphatic rings. The van der Waals surface area contributed by atoms with E-state index in [9.17, 15) is 0 Å². The van der Waals surface area contributed by atoms with E-state index in [0.717, 1.165) is 22.8 Å². The maximum absolute atomic E-state index is 3.98. The summed E-state index contributed by atoms with van der Waals surface area (Å²) in [5.41, 5.74) is 4.28. The molecule has 0 saturated carbocycles. The zero-order chi connectivity index (χ0) is 15.3. The zero-order valence-corrected chi connectivity index (χ0v) is 13.3. The van der Waals surface area contributed by atoms with Gasteiger partial charge in [0.05, 0.1) is 22.8 Å². The quantitative estimate of drug-likeness (QED) is 0.804. The van der Waals surface area contributed by atoms with Crippen LogP contribution in [-0.4, -0.2) is 10.4 Å². The smallest absolute Gasteiger partial charge is 0.0651 e.